The highest BCUT2D eigenvalue weighted by Gasteiger charge is 2.62. The molecule has 0 aromatic heterocycles. The zero-order valence-electron chi connectivity index (χ0n) is 22.7. The summed E-state index contributed by atoms with van der Waals surface area (Å²) < 4.78 is 48.7. The summed E-state index contributed by atoms with van der Waals surface area (Å²) in [5.41, 5.74) is 0.207. The number of alkyl halides is 3. The Morgan fingerprint density at radius 1 is 1.10 bits per heavy atom. The van der Waals surface area contributed by atoms with Gasteiger partial charge in [-0.3, -0.25) is 4.79 Å². The molecule has 13 heteroatoms. The fourth-order valence-electron chi connectivity index (χ4n) is 5.29. The number of amides is 1. The molecule has 0 spiro atoms. The van der Waals surface area contributed by atoms with Crippen LogP contribution in [0.2, 0.25) is 15.1 Å². The van der Waals surface area contributed by atoms with E-state index in [1.165, 1.54) is 12.1 Å². The molecule has 0 bridgehead atoms. The zero-order chi connectivity index (χ0) is 30.6. The van der Waals surface area contributed by atoms with E-state index >= 15 is 0 Å². The molecule has 1 atom stereocenters. The number of rotatable bonds is 6. The Morgan fingerprint density at radius 3 is 2.43 bits per heavy atom. The molecule has 2 aliphatic heterocycles. The topological polar surface area (TPSA) is 80.2 Å². The molecule has 0 aliphatic carbocycles. The van der Waals surface area contributed by atoms with Gasteiger partial charge in [0, 0.05) is 24.1 Å². The number of halogens is 6. The maximum atomic E-state index is 14.4. The molecular weight excluding hydrogens is 614 g/mol. The third kappa shape index (κ3) is 5.51. The van der Waals surface area contributed by atoms with Gasteiger partial charge < -0.3 is 19.8 Å². The van der Waals surface area contributed by atoms with Crippen LogP contribution >= 0.6 is 34.8 Å². The molecule has 3 aromatic rings. The summed E-state index contributed by atoms with van der Waals surface area (Å²) in [5, 5.41) is 16.5. The van der Waals surface area contributed by atoms with E-state index in [1.54, 1.807) is 13.0 Å². The molecule has 220 valence electrons. The van der Waals surface area contributed by atoms with Crippen LogP contribution in [0.4, 0.5) is 13.2 Å². The Bertz CT molecular complexity index is 1590. The van der Waals surface area contributed by atoms with Gasteiger partial charge in [-0.05, 0) is 79.2 Å². The van der Waals surface area contributed by atoms with Crippen molar-refractivity contribution in [2.24, 2.45) is 5.16 Å². The smallest absolute Gasteiger partial charge is 0.423 e. The SMILES string of the molecule is Cc1cc(C2=NOC(c3cc(Cl)c(Cl)c(Cl)c3)(C(F)(F)F)C2)ccc1C(=O)NCCc1ccc2c(c1)B(O)OC2(C)C. The van der Waals surface area contributed by atoms with Gasteiger partial charge in [0.1, 0.15) is 0 Å². The third-order valence-corrected chi connectivity index (χ3v) is 8.77. The number of oxime groups is 1. The molecule has 2 aliphatic rings. The van der Waals surface area contributed by atoms with Crippen molar-refractivity contribution in [1.29, 1.82) is 0 Å². The molecule has 3 aromatic carbocycles. The minimum absolute atomic E-state index is 0.0514. The molecule has 0 radical (unpaired) electrons. The van der Waals surface area contributed by atoms with Gasteiger partial charge in [-0.1, -0.05) is 64.2 Å². The van der Waals surface area contributed by atoms with Crippen LogP contribution in [0.15, 0.2) is 53.7 Å². The van der Waals surface area contributed by atoms with E-state index in [0.29, 0.717) is 35.1 Å². The monoisotopic (exact) mass is 638 g/mol. The molecule has 0 saturated heterocycles. The van der Waals surface area contributed by atoms with Gasteiger partial charge >= 0.3 is 13.3 Å². The van der Waals surface area contributed by atoms with E-state index in [-0.39, 0.29) is 32.3 Å². The third-order valence-electron chi connectivity index (χ3n) is 7.58. The Kier molecular flexibility index (Phi) is 8.09. The van der Waals surface area contributed by atoms with Crippen LogP contribution in [0.5, 0.6) is 0 Å². The lowest BCUT2D eigenvalue weighted by Gasteiger charge is -2.30. The number of hydrogen-bond acceptors (Lipinski definition) is 5. The number of nitrogens with zero attached hydrogens (tertiary/aromatic N) is 1. The summed E-state index contributed by atoms with van der Waals surface area (Å²) in [7, 11) is -0.997. The number of fused-ring (bicyclic) bond motifs is 1. The fourth-order valence-corrected chi connectivity index (χ4v) is 5.88. The second kappa shape index (κ2) is 11.1. The first kappa shape index (κ1) is 30.7. The normalized spacial score (nSPS) is 19.4. The van der Waals surface area contributed by atoms with Gasteiger partial charge in [-0.15, -0.1) is 0 Å². The van der Waals surface area contributed by atoms with Gasteiger partial charge in [0.2, 0.25) is 0 Å². The number of benzene rings is 3. The van der Waals surface area contributed by atoms with E-state index in [4.69, 9.17) is 44.3 Å². The van der Waals surface area contributed by atoms with Gasteiger partial charge in [-0.2, -0.15) is 13.2 Å². The van der Waals surface area contributed by atoms with Crippen molar-refractivity contribution >= 4 is 59.0 Å². The molecule has 0 saturated carbocycles. The first-order valence-corrected chi connectivity index (χ1v) is 14.1. The maximum Gasteiger partial charge on any atom is 0.492 e. The Balaban J connectivity index is 1.27. The number of nitrogens with one attached hydrogen (secondary N) is 1. The molecular formula is C29H25BCl3F3N2O4. The second-order valence-electron chi connectivity index (χ2n) is 10.8. The van der Waals surface area contributed by atoms with Crippen LogP contribution in [-0.4, -0.2) is 36.5 Å². The zero-order valence-corrected chi connectivity index (χ0v) is 25.0. The maximum absolute atomic E-state index is 14.4. The molecule has 42 heavy (non-hydrogen) atoms. The molecule has 1 unspecified atom stereocenters. The van der Waals surface area contributed by atoms with Crippen molar-refractivity contribution in [1.82, 2.24) is 5.32 Å². The van der Waals surface area contributed by atoms with Crippen LogP contribution < -0.4 is 10.8 Å². The first-order valence-electron chi connectivity index (χ1n) is 13.0. The first-order chi connectivity index (χ1) is 19.6. The van der Waals surface area contributed by atoms with Gasteiger partial charge in [0.05, 0.1) is 26.4 Å². The van der Waals surface area contributed by atoms with Gasteiger partial charge in [0.25, 0.3) is 11.5 Å². The lowest BCUT2D eigenvalue weighted by Crippen LogP contribution is -2.42. The van der Waals surface area contributed by atoms with Crippen LogP contribution in [-0.2, 0) is 27.1 Å². The lowest BCUT2D eigenvalue weighted by atomic mass is 9.77. The predicted molar refractivity (Wildman–Crippen MR) is 157 cm³/mol. The highest BCUT2D eigenvalue weighted by atomic mass is 35.5. The Morgan fingerprint density at radius 2 is 1.79 bits per heavy atom. The summed E-state index contributed by atoms with van der Waals surface area (Å²) in [6.07, 6.45) is -4.96. The molecule has 2 heterocycles. The highest BCUT2D eigenvalue weighted by Crippen LogP contribution is 2.50. The van der Waals surface area contributed by atoms with Crippen molar-refractivity contribution < 1.29 is 32.5 Å². The van der Waals surface area contributed by atoms with Gasteiger partial charge in [0.15, 0.2) is 0 Å². The van der Waals surface area contributed by atoms with Crippen LogP contribution in [0.25, 0.3) is 0 Å². The summed E-state index contributed by atoms with van der Waals surface area (Å²) in [6, 6.07) is 12.5. The quantitative estimate of drug-likeness (QED) is 0.240. The number of aryl methyl sites for hydroxylation is 1. The summed E-state index contributed by atoms with van der Waals surface area (Å²) in [6.45, 7) is 5.80. The molecule has 0 fully saturated rings. The summed E-state index contributed by atoms with van der Waals surface area (Å²) in [5.74, 6) is -0.329. The van der Waals surface area contributed by atoms with E-state index < -0.39 is 30.9 Å². The second-order valence-corrected chi connectivity index (χ2v) is 12.0. The Labute approximate surface area is 255 Å². The largest absolute Gasteiger partial charge is 0.492 e. The molecule has 1 amide bonds. The molecule has 6 nitrogen and oxygen atoms in total. The van der Waals surface area contributed by atoms with Crippen molar-refractivity contribution in [2.45, 2.75) is 51.0 Å². The van der Waals surface area contributed by atoms with Crippen molar-refractivity contribution in [3.63, 3.8) is 0 Å². The van der Waals surface area contributed by atoms with Crippen molar-refractivity contribution in [3.05, 3.63) is 97.0 Å². The lowest BCUT2D eigenvalue weighted by molar-refractivity contribution is -0.275. The van der Waals surface area contributed by atoms with E-state index in [9.17, 15) is 23.0 Å². The summed E-state index contributed by atoms with van der Waals surface area (Å²) in [4.78, 5) is 18.0. The van der Waals surface area contributed by atoms with E-state index in [1.807, 2.05) is 32.0 Å². The fraction of sp³-hybridized carbons (Fsp3) is 0.310. The highest BCUT2D eigenvalue weighted by molar-refractivity contribution is 6.62. The molecule has 5 rings (SSSR count). The van der Waals surface area contributed by atoms with E-state index in [2.05, 4.69) is 10.5 Å². The van der Waals surface area contributed by atoms with Crippen LogP contribution in [0.3, 0.4) is 0 Å². The van der Waals surface area contributed by atoms with Crippen LogP contribution in [0, 0.1) is 6.92 Å². The number of carbonyl (C=O) groups excluding carboxylic acids is 1. The average molecular weight is 640 g/mol. The Hall–Kier alpha value is -2.76. The minimum Gasteiger partial charge on any atom is -0.423 e. The van der Waals surface area contributed by atoms with Gasteiger partial charge in [-0.25, -0.2) is 0 Å². The van der Waals surface area contributed by atoms with Crippen molar-refractivity contribution in [2.75, 3.05) is 6.54 Å². The summed E-state index contributed by atoms with van der Waals surface area (Å²) >= 11 is 18.0. The predicted octanol–water partition coefficient (Wildman–Crippen LogP) is 6.46. The minimum atomic E-state index is -4.85. The average Bonchev–Trinajstić information content (AvgIpc) is 3.46. The number of carbonyl (C=O) groups is 1. The standard InChI is InChI=1S/C29H25BCl3F3N2O4/c1-15-10-17(24-14-28(42-38-24,29(34,35)36)18-12-22(31)25(33)23(32)13-18)5-6-19(15)26(39)37-9-8-16-4-7-20-21(11-16)30(40)41-27(20,2)3/h4-7,10-13,40H,8-9,14H2,1-3H3,(H,37,39). The van der Waals surface area contributed by atoms with Crippen LogP contribution in [0.1, 0.15) is 58.4 Å². The van der Waals surface area contributed by atoms with Crippen molar-refractivity contribution in [3.8, 4) is 0 Å². The number of hydrogen-bond donors (Lipinski definition) is 2. The molecule has 2 N–H and O–H groups in total. The van der Waals surface area contributed by atoms with E-state index in [0.717, 1.165) is 23.3 Å².